The lowest BCUT2D eigenvalue weighted by molar-refractivity contribution is -0.138. The van der Waals surface area contributed by atoms with Crippen LogP contribution >= 0.6 is 15.9 Å². The third-order valence-corrected chi connectivity index (χ3v) is 8.43. The molecule has 1 N–H and O–H groups in total. The van der Waals surface area contributed by atoms with Gasteiger partial charge in [0, 0.05) is 35.9 Å². The smallest absolute Gasteiger partial charge is 0.247 e. The maximum absolute atomic E-state index is 13.3. The highest BCUT2D eigenvalue weighted by molar-refractivity contribution is 9.10. The number of nitrogens with zero attached hydrogens (tertiary/aromatic N) is 2. The Morgan fingerprint density at radius 2 is 2.10 bits per heavy atom. The van der Waals surface area contributed by atoms with Crippen LogP contribution in [0, 0.1) is 11.8 Å². The number of carbonyl (C=O) groups is 1. The van der Waals surface area contributed by atoms with Crippen LogP contribution in [0.5, 0.6) is 5.75 Å². The number of hydrogen-bond acceptors (Lipinski definition) is 5. The first-order valence-electron chi connectivity index (χ1n) is 9.99. The third kappa shape index (κ3) is 4.62. The van der Waals surface area contributed by atoms with Crippen molar-refractivity contribution in [2.45, 2.75) is 50.2 Å². The SMILES string of the molecule is C[C@@H]1CN([C@H](C)CO)S(=O)(=O)c2ccc(Br)cc2O[C@@H]1CN(C)C(=O)C1CCC1. The first-order chi connectivity index (χ1) is 13.6. The van der Waals surface area contributed by atoms with Gasteiger partial charge >= 0.3 is 0 Å². The standard InChI is InChI=1S/C20H29BrN2O5S/c1-13-10-23(14(2)12-24)29(26,27)19-8-7-16(21)9-17(19)28-18(13)11-22(3)20(25)15-5-4-6-15/h7-9,13-15,18,24H,4-6,10-12H2,1-3H3/t13-,14-,18-/m1/s1. The number of hydrogen-bond donors (Lipinski definition) is 1. The van der Waals surface area contributed by atoms with E-state index in [-0.39, 0.29) is 47.6 Å². The summed E-state index contributed by atoms with van der Waals surface area (Å²) in [6.45, 7) is 3.91. The zero-order chi connectivity index (χ0) is 21.3. The second-order valence-corrected chi connectivity index (χ2v) is 11.0. The summed E-state index contributed by atoms with van der Waals surface area (Å²) in [6, 6.07) is 4.26. The van der Waals surface area contributed by atoms with Crippen molar-refractivity contribution < 1.29 is 23.1 Å². The molecule has 0 saturated heterocycles. The molecule has 1 fully saturated rings. The summed E-state index contributed by atoms with van der Waals surface area (Å²) in [5.41, 5.74) is 0. The normalized spacial score (nSPS) is 25.7. The Balaban J connectivity index is 1.95. The van der Waals surface area contributed by atoms with Crippen LogP contribution in [0.15, 0.2) is 27.6 Å². The number of carbonyl (C=O) groups excluding carboxylic acids is 1. The molecule has 1 heterocycles. The van der Waals surface area contributed by atoms with E-state index in [0.717, 1.165) is 19.3 Å². The van der Waals surface area contributed by atoms with Gasteiger partial charge in [-0.2, -0.15) is 4.31 Å². The van der Waals surface area contributed by atoms with Crippen LogP contribution < -0.4 is 4.74 Å². The fourth-order valence-corrected chi connectivity index (χ4v) is 5.91. The summed E-state index contributed by atoms with van der Waals surface area (Å²) < 4.78 is 34.8. The Bertz CT molecular complexity index is 858. The fraction of sp³-hybridized carbons (Fsp3) is 0.650. The molecule has 1 aromatic rings. The lowest BCUT2D eigenvalue weighted by Crippen LogP contribution is -2.50. The average molecular weight is 489 g/mol. The molecule has 0 bridgehead atoms. The topological polar surface area (TPSA) is 87.2 Å². The minimum atomic E-state index is -3.83. The van der Waals surface area contributed by atoms with E-state index < -0.39 is 16.1 Å². The molecule has 0 spiro atoms. The minimum absolute atomic E-state index is 0.0749. The van der Waals surface area contributed by atoms with Crippen molar-refractivity contribution in [3.8, 4) is 5.75 Å². The zero-order valence-corrected chi connectivity index (χ0v) is 19.4. The molecular weight excluding hydrogens is 460 g/mol. The van der Waals surface area contributed by atoms with Crippen molar-refractivity contribution in [1.82, 2.24) is 9.21 Å². The van der Waals surface area contributed by atoms with Gasteiger partial charge in [0.1, 0.15) is 16.7 Å². The Morgan fingerprint density at radius 3 is 2.69 bits per heavy atom. The van der Waals surface area contributed by atoms with Crippen LogP contribution in [-0.2, 0) is 14.8 Å². The third-order valence-electron chi connectivity index (χ3n) is 5.91. The van der Waals surface area contributed by atoms with Crippen molar-refractivity contribution >= 4 is 31.9 Å². The number of amides is 1. The summed E-state index contributed by atoms with van der Waals surface area (Å²) in [4.78, 5) is 14.4. The van der Waals surface area contributed by atoms with E-state index >= 15 is 0 Å². The molecule has 1 amide bonds. The minimum Gasteiger partial charge on any atom is -0.487 e. The number of sulfonamides is 1. The Morgan fingerprint density at radius 1 is 1.41 bits per heavy atom. The number of benzene rings is 1. The summed E-state index contributed by atoms with van der Waals surface area (Å²) in [7, 11) is -2.05. The predicted octanol–water partition coefficient (Wildman–Crippen LogP) is 2.48. The van der Waals surface area contributed by atoms with E-state index in [1.165, 1.54) is 10.4 Å². The van der Waals surface area contributed by atoms with Crippen LogP contribution in [0.2, 0.25) is 0 Å². The molecule has 29 heavy (non-hydrogen) atoms. The van der Waals surface area contributed by atoms with E-state index in [9.17, 15) is 18.3 Å². The highest BCUT2D eigenvalue weighted by Gasteiger charge is 2.39. The van der Waals surface area contributed by atoms with Gasteiger partial charge in [0.15, 0.2) is 0 Å². The number of rotatable bonds is 5. The molecule has 0 aromatic heterocycles. The molecule has 2 aliphatic rings. The number of fused-ring (bicyclic) bond motifs is 1. The van der Waals surface area contributed by atoms with E-state index in [1.54, 1.807) is 31.0 Å². The van der Waals surface area contributed by atoms with Crippen LogP contribution in [0.3, 0.4) is 0 Å². The molecule has 3 rings (SSSR count). The molecule has 0 unspecified atom stereocenters. The van der Waals surface area contributed by atoms with Gasteiger partial charge in [-0.3, -0.25) is 4.79 Å². The van der Waals surface area contributed by atoms with Gasteiger partial charge in [-0.25, -0.2) is 8.42 Å². The Hall–Kier alpha value is -1.16. The molecule has 7 nitrogen and oxygen atoms in total. The average Bonchev–Trinajstić information content (AvgIpc) is 2.62. The number of aliphatic hydroxyl groups is 1. The highest BCUT2D eigenvalue weighted by Crippen LogP contribution is 2.35. The van der Waals surface area contributed by atoms with Crippen molar-refractivity contribution in [2.75, 3.05) is 26.7 Å². The van der Waals surface area contributed by atoms with Gasteiger partial charge in [-0.15, -0.1) is 0 Å². The summed E-state index contributed by atoms with van der Waals surface area (Å²) in [5.74, 6) is 0.298. The van der Waals surface area contributed by atoms with Gasteiger partial charge in [0.2, 0.25) is 15.9 Å². The van der Waals surface area contributed by atoms with E-state index in [4.69, 9.17) is 4.74 Å². The van der Waals surface area contributed by atoms with E-state index in [0.29, 0.717) is 11.0 Å². The molecule has 0 radical (unpaired) electrons. The van der Waals surface area contributed by atoms with Gasteiger partial charge in [0.05, 0.1) is 13.2 Å². The van der Waals surface area contributed by atoms with Crippen LogP contribution in [0.4, 0.5) is 0 Å². The van der Waals surface area contributed by atoms with Crippen LogP contribution in [0.25, 0.3) is 0 Å². The van der Waals surface area contributed by atoms with Gasteiger partial charge < -0.3 is 14.7 Å². The monoisotopic (exact) mass is 488 g/mol. The molecule has 1 saturated carbocycles. The molecule has 162 valence electrons. The van der Waals surface area contributed by atoms with Crippen molar-refractivity contribution in [2.24, 2.45) is 11.8 Å². The number of ether oxygens (including phenoxy) is 1. The maximum atomic E-state index is 13.3. The summed E-state index contributed by atoms with van der Waals surface area (Å²) in [5, 5.41) is 9.64. The molecule has 1 aromatic carbocycles. The van der Waals surface area contributed by atoms with Gasteiger partial charge in [-0.1, -0.05) is 29.3 Å². The summed E-state index contributed by atoms with van der Waals surface area (Å²) in [6.07, 6.45) is 2.58. The zero-order valence-electron chi connectivity index (χ0n) is 17.0. The maximum Gasteiger partial charge on any atom is 0.247 e. The molecule has 1 aliphatic heterocycles. The van der Waals surface area contributed by atoms with Gasteiger partial charge in [-0.05, 0) is 38.0 Å². The predicted molar refractivity (Wildman–Crippen MR) is 113 cm³/mol. The molecule has 9 heteroatoms. The van der Waals surface area contributed by atoms with E-state index in [2.05, 4.69) is 15.9 Å². The lowest BCUT2D eigenvalue weighted by Gasteiger charge is -2.38. The molecule has 1 aliphatic carbocycles. The first kappa shape index (κ1) is 22.5. The number of likely N-dealkylation sites (N-methyl/N-ethyl adjacent to an activating group) is 1. The van der Waals surface area contributed by atoms with Crippen LogP contribution in [-0.4, -0.2) is 67.5 Å². The largest absolute Gasteiger partial charge is 0.487 e. The van der Waals surface area contributed by atoms with Gasteiger partial charge in [0.25, 0.3) is 0 Å². The second kappa shape index (κ2) is 8.91. The Labute approximate surface area is 181 Å². The molecular formula is C20H29BrN2O5S. The first-order valence-corrected chi connectivity index (χ1v) is 12.2. The summed E-state index contributed by atoms with van der Waals surface area (Å²) >= 11 is 3.38. The van der Waals surface area contributed by atoms with Crippen molar-refractivity contribution in [3.63, 3.8) is 0 Å². The van der Waals surface area contributed by atoms with Crippen LogP contribution in [0.1, 0.15) is 33.1 Å². The van der Waals surface area contributed by atoms with E-state index in [1.807, 2.05) is 6.92 Å². The van der Waals surface area contributed by atoms with Crippen molar-refractivity contribution in [3.05, 3.63) is 22.7 Å². The lowest BCUT2D eigenvalue weighted by atomic mass is 9.84. The molecule has 3 atom stereocenters. The number of halogens is 1. The fourth-order valence-electron chi connectivity index (χ4n) is 3.74. The number of aliphatic hydroxyl groups excluding tert-OH is 1. The second-order valence-electron chi connectivity index (χ2n) is 8.18. The van der Waals surface area contributed by atoms with Crippen molar-refractivity contribution in [1.29, 1.82) is 0 Å². The quantitative estimate of drug-likeness (QED) is 0.687. The Kier molecular flexibility index (Phi) is 6.92. The highest BCUT2D eigenvalue weighted by atomic mass is 79.9.